The van der Waals surface area contributed by atoms with Gasteiger partial charge in [0.05, 0.1) is 0 Å². The van der Waals surface area contributed by atoms with Crippen LogP contribution in [-0.2, 0) is 11.2 Å². The van der Waals surface area contributed by atoms with Gasteiger partial charge in [-0.05, 0) is 31.4 Å². The summed E-state index contributed by atoms with van der Waals surface area (Å²) >= 11 is 0. The third kappa shape index (κ3) is 2.96. The fourth-order valence-electron chi connectivity index (χ4n) is 2.34. The van der Waals surface area contributed by atoms with Crippen molar-refractivity contribution >= 4 is 5.78 Å². The number of H-pyrrole nitrogens is 1. The van der Waals surface area contributed by atoms with Gasteiger partial charge in [-0.3, -0.25) is 9.59 Å². The number of aromatic hydroxyl groups is 1. The van der Waals surface area contributed by atoms with Crippen LogP contribution >= 0.6 is 0 Å². The van der Waals surface area contributed by atoms with Crippen molar-refractivity contribution in [2.24, 2.45) is 5.92 Å². The van der Waals surface area contributed by atoms with Crippen molar-refractivity contribution in [3.63, 3.8) is 0 Å². The number of Topliss-reactive ketones (excluding diaryl/α,β-unsaturated/α-hetero) is 1. The highest BCUT2D eigenvalue weighted by molar-refractivity contribution is 5.81. The molecule has 1 heterocycles. The Bertz CT molecular complexity index is 464. The lowest BCUT2D eigenvalue weighted by Crippen LogP contribution is -2.18. The van der Waals surface area contributed by atoms with E-state index >= 15 is 0 Å². The summed E-state index contributed by atoms with van der Waals surface area (Å²) in [6.07, 6.45) is 5.33. The Morgan fingerprint density at radius 1 is 1.24 bits per heavy atom. The van der Waals surface area contributed by atoms with E-state index in [0.717, 1.165) is 31.4 Å². The molecular weight excluding hydrogens is 218 g/mol. The maximum Gasteiger partial charge on any atom is 0.290 e. The van der Waals surface area contributed by atoms with Crippen molar-refractivity contribution in [2.75, 3.05) is 0 Å². The molecule has 1 aliphatic rings. The number of hydrogen-bond acceptors (Lipinski definition) is 3. The van der Waals surface area contributed by atoms with E-state index < -0.39 is 5.56 Å². The first-order valence-electron chi connectivity index (χ1n) is 6.10. The Balaban J connectivity index is 2.10. The number of hydrogen-bond donors (Lipinski definition) is 2. The van der Waals surface area contributed by atoms with E-state index in [0.29, 0.717) is 18.6 Å². The molecule has 1 aromatic rings. The third-order valence-corrected chi connectivity index (χ3v) is 3.35. The lowest BCUT2D eigenvalue weighted by Gasteiger charge is -2.12. The lowest BCUT2D eigenvalue weighted by molar-refractivity contribution is -0.122. The standard InChI is InChI=1S/C13H17NO3/c15-11-5-3-1-2-4-9(11)8-10-6-7-12(16)13(17)14-10/h6-7,9,16H,1-5,8H2,(H,14,17). The molecule has 0 spiro atoms. The first-order chi connectivity index (χ1) is 8.16. The van der Waals surface area contributed by atoms with Crippen LogP contribution in [0.15, 0.2) is 16.9 Å². The molecule has 4 nitrogen and oxygen atoms in total. The maximum atomic E-state index is 11.8. The van der Waals surface area contributed by atoms with Crippen LogP contribution in [-0.4, -0.2) is 15.9 Å². The quantitative estimate of drug-likeness (QED) is 0.767. The van der Waals surface area contributed by atoms with Gasteiger partial charge in [-0.15, -0.1) is 0 Å². The summed E-state index contributed by atoms with van der Waals surface area (Å²) < 4.78 is 0. The average Bonchev–Trinajstić information content (AvgIpc) is 2.50. The van der Waals surface area contributed by atoms with Crippen molar-refractivity contribution in [3.8, 4) is 5.75 Å². The topological polar surface area (TPSA) is 70.2 Å². The largest absolute Gasteiger partial charge is 0.503 e. The number of ketones is 1. The van der Waals surface area contributed by atoms with Crippen LogP contribution in [0.1, 0.15) is 37.8 Å². The Labute approximate surface area is 99.7 Å². The van der Waals surface area contributed by atoms with E-state index in [2.05, 4.69) is 4.98 Å². The average molecular weight is 235 g/mol. The summed E-state index contributed by atoms with van der Waals surface area (Å²) in [5, 5.41) is 9.14. The molecule has 4 heteroatoms. The minimum absolute atomic E-state index is 0.0256. The summed E-state index contributed by atoms with van der Waals surface area (Å²) in [6, 6.07) is 3.06. The molecule has 17 heavy (non-hydrogen) atoms. The molecule has 1 atom stereocenters. The van der Waals surface area contributed by atoms with E-state index in [9.17, 15) is 9.59 Å². The normalized spacial score (nSPS) is 21.2. The molecule has 0 radical (unpaired) electrons. The number of aromatic amines is 1. The van der Waals surface area contributed by atoms with E-state index in [1.54, 1.807) is 6.07 Å². The number of nitrogens with one attached hydrogen (secondary N) is 1. The van der Waals surface area contributed by atoms with Crippen LogP contribution < -0.4 is 5.56 Å². The Morgan fingerprint density at radius 2 is 2.06 bits per heavy atom. The molecule has 1 unspecified atom stereocenters. The molecule has 0 aliphatic heterocycles. The van der Waals surface area contributed by atoms with E-state index in [4.69, 9.17) is 5.11 Å². The van der Waals surface area contributed by atoms with Gasteiger partial charge in [-0.2, -0.15) is 0 Å². The zero-order valence-electron chi connectivity index (χ0n) is 9.74. The van der Waals surface area contributed by atoms with Gasteiger partial charge in [-0.25, -0.2) is 0 Å². The second kappa shape index (κ2) is 5.17. The predicted molar refractivity (Wildman–Crippen MR) is 64.0 cm³/mol. The smallest absolute Gasteiger partial charge is 0.290 e. The summed E-state index contributed by atoms with van der Waals surface area (Å²) in [7, 11) is 0. The molecule has 0 saturated heterocycles. The van der Waals surface area contributed by atoms with Gasteiger partial charge in [0.25, 0.3) is 5.56 Å². The summed E-state index contributed by atoms with van der Waals surface area (Å²) in [5.74, 6) is 0.0510. The summed E-state index contributed by atoms with van der Waals surface area (Å²) in [5.41, 5.74) is 0.247. The van der Waals surface area contributed by atoms with E-state index in [1.165, 1.54) is 6.07 Å². The van der Waals surface area contributed by atoms with Gasteiger partial charge >= 0.3 is 0 Å². The van der Waals surface area contributed by atoms with Crippen molar-refractivity contribution in [2.45, 2.75) is 38.5 Å². The van der Waals surface area contributed by atoms with Crippen LogP contribution in [0.25, 0.3) is 0 Å². The molecule has 0 amide bonds. The molecule has 0 aromatic carbocycles. The van der Waals surface area contributed by atoms with Crippen LogP contribution in [0.2, 0.25) is 0 Å². The minimum Gasteiger partial charge on any atom is -0.503 e. The predicted octanol–water partition coefficient (Wildman–Crippen LogP) is 1.77. The van der Waals surface area contributed by atoms with Crippen molar-refractivity contribution < 1.29 is 9.90 Å². The van der Waals surface area contributed by atoms with E-state index in [-0.39, 0.29) is 11.7 Å². The lowest BCUT2D eigenvalue weighted by atomic mass is 9.93. The van der Waals surface area contributed by atoms with Gasteiger partial charge < -0.3 is 10.1 Å². The first-order valence-corrected chi connectivity index (χ1v) is 6.10. The van der Waals surface area contributed by atoms with Crippen LogP contribution in [0.3, 0.4) is 0 Å². The highest BCUT2D eigenvalue weighted by atomic mass is 16.3. The molecular formula is C13H17NO3. The number of carbonyl (C=O) groups excluding carboxylic acids is 1. The Morgan fingerprint density at radius 3 is 2.82 bits per heavy atom. The minimum atomic E-state index is -0.483. The van der Waals surface area contributed by atoms with Crippen LogP contribution in [0, 0.1) is 5.92 Å². The molecule has 1 aliphatic carbocycles. The molecule has 92 valence electrons. The maximum absolute atomic E-state index is 11.8. The number of aromatic nitrogens is 1. The second-order valence-corrected chi connectivity index (χ2v) is 4.66. The van der Waals surface area contributed by atoms with Crippen molar-refractivity contribution in [3.05, 3.63) is 28.2 Å². The third-order valence-electron chi connectivity index (χ3n) is 3.35. The number of rotatable bonds is 2. The SMILES string of the molecule is O=C1CCCCCC1Cc1ccc(O)c(=O)[nH]1. The molecule has 1 fully saturated rings. The van der Waals surface area contributed by atoms with Crippen LogP contribution in [0.4, 0.5) is 0 Å². The zero-order valence-corrected chi connectivity index (χ0v) is 9.74. The monoisotopic (exact) mass is 235 g/mol. The van der Waals surface area contributed by atoms with Gasteiger partial charge in [-0.1, -0.05) is 12.8 Å². The van der Waals surface area contributed by atoms with E-state index in [1.807, 2.05) is 0 Å². The Hall–Kier alpha value is -1.58. The van der Waals surface area contributed by atoms with Crippen molar-refractivity contribution in [1.29, 1.82) is 0 Å². The fourth-order valence-corrected chi connectivity index (χ4v) is 2.34. The molecule has 0 bridgehead atoms. The fraction of sp³-hybridized carbons (Fsp3) is 0.538. The van der Waals surface area contributed by atoms with Gasteiger partial charge in [0.1, 0.15) is 5.78 Å². The molecule has 2 rings (SSSR count). The summed E-state index contributed by atoms with van der Waals surface area (Å²) in [4.78, 5) is 25.7. The number of carbonyl (C=O) groups is 1. The van der Waals surface area contributed by atoms with Gasteiger partial charge in [0.2, 0.25) is 0 Å². The highest BCUT2D eigenvalue weighted by Gasteiger charge is 2.21. The highest BCUT2D eigenvalue weighted by Crippen LogP contribution is 2.22. The molecule has 1 saturated carbocycles. The van der Waals surface area contributed by atoms with Gasteiger partial charge in [0, 0.05) is 18.0 Å². The molecule has 2 N–H and O–H groups in total. The number of pyridine rings is 1. The van der Waals surface area contributed by atoms with Crippen molar-refractivity contribution in [1.82, 2.24) is 4.98 Å². The second-order valence-electron chi connectivity index (χ2n) is 4.66. The molecule has 1 aromatic heterocycles. The Kier molecular flexibility index (Phi) is 3.61. The first kappa shape index (κ1) is 11.9. The van der Waals surface area contributed by atoms with Gasteiger partial charge in [0.15, 0.2) is 5.75 Å². The summed E-state index contributed by atoms with van der Waals surface area (Å²) in [6.45, 7) is 0. The zero-order chi connectivity index (χ0) is 12.3. The van der Waals surface area contributed by atoms with Crippen LogP contribution in [0.5, 0.6) is 5.75 Å².